The largest absolute Gasteiger partial charge is 0.338 e. The molecule has 0 bridgehead atoms. The summed E-state index contributed by atoms with van der Waals surface area (Å²) in [4.78, 5) is 25.6. The molecular formula is C27H25ClFN5O. The van der Waals surface area contributed by atoms with Gasteiger partial charge in [0.2, 0.25) is 5.95 Å². The van der Waals surface area contributed by atoms with Gasteiger partial charge in [0.05, 0.1) is 32.7 Å². The normalized spacial score (nSPS) is 11.5. The van der Waals surface area contributed by atoms with Crippen LogP contribution in [-0.2, 0) is 6.54 Å². The molecule has 2 aromatic heterocycles. The van der Waals surface area contributed by atoms with Crippen LogP contribution >= 0.6 is 11.6 Å². The van der Waals surface area contributed by atoms with E-state index < -0.39 is 5.82 Å². The summed E-state index contributed by atoms with van der Waals surface area (Å²) in [5, 5.41) is 3.25. The highest BCUT2D eigenvalue weighted by Crippen LogP contribution is 2.31. The fourth-order valence-electron chi connectivity index (χ4n) is 4.30. The molecule has 0 radical (unpaired) electrons. The van der Waals surface area contributed by atoms with Crippen LogP contribution in [0.4, 0.5) is 10.3 Å². The van der Waals surface area contributed by atoms with Crippen molar-refractivity contribution in [2.45, 2.75) is 40.2 Å². The number of aryl methyl sites for hydroxylation is 3. The molecule has 0 aliphatic heterocycles. The van der Waals surface area contributed by atoms with Crippen LogP contribution in [0, 0.1) is 19.7 Å². The molecule has 0 fully saturated rings. The first-order valence-corrected chi connectivity index (χ1v) is 12.0. The Morgan fingerprint density at radius 3 is 2.71 bits per heavy atom. The quantitative estimate of drug-likeness (QED) is 0.268. The molecule has 3 aromatic carbocycles. The van der Waals surface area contributed by atoms with Crippen molar-refractivity contribution < 1.29 is 9.18 Å². The monoisotopic (exact) mass is 489 g/mol. The molecule has 2 heterocycles. The lowest BCUT2D eigenvalue weighted by Crippen LogP contribution is -2.16. The minimum atomic E-state index is -0.464. The predicted octanol–water partition coefficient (Wildman–Crippen LogP) is 7.04. The van der Waals surface area contributed by atoms with Gasteiger partial charge >= 0.3 is 0 Å². The van der Waals surface area contributed by atoms with Crippen LogP contribution in [0.3, 0.4) is 0 Å². The summed E-state index contributed by atoms with van der Waals surface area (Å²) in [6.07, 6.45) is 2.00. The molecule has 5 rings (SSSR count). The summed E-state index contributed by atoms with van der Waals surface area (Å²) in [6.45, 7) is 6.81. The Morgan fingerprint density at radius 2 is 1.94 bits per heavy atom. The second-order valence-electron chi connectivity index (χ2n) is 8.76. The predicted molar refractivity (Wildman–Crippen MR) is 139 cm³/mol. The molecule has 0 saturated heterocycles. The SMILES string of the molecule is CCCCn1c(NC(=O)c2cc(C)c3[nH]c(-c4c(F)cccc4Cl)nc3c2)nc2ccc(C)cc21. The first kappa shape index (κ1) is 23.1. The molecule has 0 aliphatic carbocycles. The first-order chi connectivity index (χ1) is 16.9. The number of nitrogens with zero attached hydrogens (tertiary/aromatic N) is 3. The van der Waals surface area contributed by atoms with Crippen molar-refractivity contribution in [3.63, 3.8) is 0 Å². The summed E-state index contributed by atoms with van der Waals surface area (Å²) < 4.78 is 16.5. The van der Waals surface area contributed by atoms with Gasteiger partial charge in [-0.05, 0) is 67.8 Å². The fourth-order valence-corrected chi connectivity index (χ4v) is 4.56. The summed E-state index contributed by atoms with van der Waals surface area (Å²) >= 11 is 6.22. The maximum atomic E-state index is 14.4. The molecule has 35 heavy (non-hydrogen) atoms. The molecule has 2 N–H and O–H groups in total. The number of imidazole rings is 2. The van der Waals surface area contributed by atoms with Crippen molar-refractivity contribution in [2.24, 2.45) is 0 Å². The number of unbranched alkanes of at least 4 members (excludes halogenated alkanes) is 1. The summed E-state index contributed by atoms with van der Waals surface area (Å²) in [5.74, 6) is 0.0878. The third-order valence-corrected chi connectivity index (χ3v) is 6.43. The van der Waals surface area contributed by atoms with Crippen molar-refractivity contribution in [3.8, 4) is 11.4 Å². The van der Waals surface area contributed by atoms with Gasteiger partial charge < -0.3 is 9.55 Å². The fraction of sp³-hybridized carbons (Fsp3) is 0.222. The highest BCUT2D eigenvalue weighted by atomic mass is 35.5. The van der Waals surface area contributed by atoms with E-state index in [2.05, 4.69) is 37.8 Å². The van der Waals surface area contributed by atoms with E-state index in [1.807, 2.05) is 26.0 Å². The molecule has 0 aliphatic rings. The number of carbonyl (C=O) groups is 1. The molecule has 5 aromatic rings. The standard InChI is InChI=1S/C27H25ClFN5O/c1-4-5-11-34-22-12-15(2)9-10-20(22)31-27(34)33-26(35)17-13-16(3)24-21(14-17)30-25(32-24)23-18(28)7-6-8-19(23)29/h6-10,12-14H,4-5,11H2,1-3H3,(H,30,32)(H,31,33,35). The van der Waals surface area contributed by atoms with Gasteiger partial charge in [0, 0.05) is 12.1 Å². The topological polar surface area (TPSA) is 75.6 Å². The van der Waals surface area contributed by atoms with Crippen molar-refractivity contribution >= 4 is 45.5 Å². The van der Waals surface area contributed by atoms with Crippen LogP contribution in [-0.4, -0.2) is 25.4 Å². The molecule has 6 nitrogen and oxygen atoms in total. The Hall–Kier alpha value is -3.71. The van der Waals surface area contributed by atoms with E-state index in [9.17, 15) is 9.18 Å². The van der Waals surface area contributed by atoms with Gasteiger partial charge in [0.1, 0.15) is 11.6 Å². The van der Waals surface area contributed by atoms with E-state index in [1.165, 1.54) is 6.07 Å². The van der Waals surface area contributed by atoms with Crippen molar-refractivity contribution in [1.29, 1.82) is 0 Å². The second kappa shape index (κ2) is 9.15. The molecule has 0 saturated carbocycles. The number of rotatable bonds is 6. The Bertz CT molecular complexity index is 1570. The molecule has 8 heteroatoms. The number of aromatic nitrogens is 4. The Kier molecular flexibility index (Phi) is 6.03. The zero-order valence-electron chi connectivity index (χ0n) is 19.7. The number of hydrogen-bond donors (Lipinski definition) is 2. The van der Waals surface area contributed by atoms with Crippen LogP contribution in [0.5, 0.6) is 0 Å². The third-order valence-electron chi connectivity index (χ3n) is 6.12. The van der Waals surface area contributed by atoms with Crippen LogP contribution in [0.2, 0.25) is 5.02 Å². The lowest BCUT2D eigenvalue weighted by atomic mass is 10.1. The van der Waals surface area contributed by atoms with Crippen molar-refractivity contribution in [1.82, 2.24) is 19.5 Å². The zero-order valence-corrected chi connectivity index (χ0v) is 20.5. The number of H-pyrrole nitrogens is 1. The van der Waals surface area contributed by atoms with Gasteiger partial charge in [-0.3, -0.25) is 10.1 Å². The number of nitrogens with one attached hydrogen (secondary N) is 2. The molecule has 178 valence electrons. The van der Waals surface area contributed by atoms with E-state index in [0.29, 0.717) is 22.9 Å². The Balaban J connectivity index is 1.52. The Morgan fingerprint density at radius 1 is 1.11 bits per heavy atom. The molecule has 0 atom stereocenters. The average molecular weight is 490 g/mol. The van der Waals surface area contributed by atoms with E-state index >= 15 is 0 Å². The lowest BCUT2D eigenvalue weighted by molar-refractivity contribution is 0.102. The number of benzene rings is 3. The van der Waals surface area contributed by atoms with Gasteiger partial charge in [-0.2, -0.15) is 0 Å². The number of carbonyl (C=O) groups excluding carboxylic acids is 1. The van der Waals surface area contributed by atoms with Crippen molar-refractivity contribution in [2.75, 3.05) is 5.32 Å². The number of amides is 1. The smallest absolute Gasteiger partial charge is 0.258 e. The molecular weight excluding hydrogens is 465 g/mol. The van der Waals surface area contributed by atoms with Crippen molar-refractivity contribution in [3.05, 3.63) is 76.1 Å². The number of fused-ring (bicyclic) bond motifs is 2. The summed E-state index contributed by atoms with van der Waals surface area (Å²) in [5.41, 5.74) is 5.72. The lowest BCUT2D eigenvalue weighted by Gasteiger charge is -2.10. The maximum absolute atomic E-state index is 14.4. The van der Waals surface area contributed by atoms with Gasteiger partial charge in [0.25, 0.3) is 5.91 Å². The van der Waals surface area contributed by atoms with E-state index in [-0.39, 0.29) is 16.5 Å². The van der Waals surface area contributed by atoms with E-state index in [1.54, 1.807) is 24.3 Å². The van der Waals surface area contributed by atoms with Crippen LogP contribution < -0.4 is 5.32 Å². The van der Waals surface area contributed by atoms with Gasteiger partial charge in [-0.25, -0.2) is 14.4 Å². The number of hydrogen-bond acceptors (Lipinski definition) is 3. The van der Waals surface area contributed by atoms with Crippen LogP contribution in [0.25, 0.3) is 33.5 Å². The van der Waals surface area contributed by atoms with E-state index in [4.69, 9.17) is 11.6 Å². The van der Waals surface area contributed by atoms with Crippen LogP contribution in [0.15, 0.2) is 48.5 Å². The molecule has 1 amide bonds. The van der Waals surface area contributed by atoms with Gasteiger partial charge in [-0.15, -0.1) is 0 Å². The molecule has 0 unspecified atom stereocenters. The van der Waals surface area contributed by atoms with E-state index in [0.717, 1.165) is 47.1 Å². The maximum Gasteiger partial charge on any atom is 0.258 e. The highest BCUT2D eigenvalue weighted by Gasteiger charge is 2.19. The summed E-state index contributed by atoms with van der Waals surface area (Å²) in [6, 6.07) is 14.0. The zero-order chi connectivity index (χ0) is 24.7. The van der Waals surface area contributed by atoms with Gasteiger partial charge in [0.15, 0.2) is 0 Å². The second-order valence-corrected chi connectivity index (χ2v) is 9.16. The highest BCUT2D eigenvalue weighted by molar-refractivity contribution is 6.33. The number of halogens is 2. The minimum Gasteiger partial charge on any atom is -0.338 e. The Labute approximate surface area is 207 Å². The van der Waals surface area contributed by atoms with Crippen LogP contribution in [0.1, 0.15) is 41.3 Å². The third kappa shape index (κ3) is 4.28. The number of aromatic amines is 1. The molecule has 0 spiro atoms. The summed E-state index contributed by atoms with van der Waals surface area (Å²) in [7, 11) is 0. The number of anilines is 1. The van der Waals surface area contributed by atoms with Gasteiger partial charge in [-0.1, -0.05) is 37.1 Å². The minimum absolute atomic E-state index is 0.204. The average Bonchev–Trinajstić information content (AvgIpc) is 3.38. The first-order valence-electron chi connectivity index (χ1n) is 11.6.